The van der Waals surface area contributed by atoms with E-state index in [1.54, 1.807) is 18.2 Å². The Morgan fingerprint density at radius 2 is 1.92 bits per heavy atom. The van der Waals surface area contributed by atoms with Crippen molar-refractivity contribution in [1.82, 2.24) is 4.72 Å². The first-order chi connectivity index (χ1) is 11.3. The Hall–Kier alpha value is -1.60. The number of hydrogen-bond donors (Lipinski definition) is 3. The van der Waals surface area contributed by atoms with Crippen molar-refractivity contribution >= 4 is 21.7 Å². The molecule has 2 rings (SSSR count). The molecule has 0 atom stereocenters. The molecule has 3 N–H and O–H groups in total. The van der Waals surface area contributed by atoms with E-state index in [4.69, 9.17) is 5.11 Å². The molecule has 0 heterocycles. The van der Waals surface area contributed by atoms with Crippen LogP contribution < -0.4 is 10.0 Å². The second-order valence-electron chi connectivity index (χ2n) is 6.41. The summed E-state index contributed by atoms with van der Waals surface area (Å²) in [6.45, 7) is 4.78. The van der Waals surface area contributed by atoms with E-state index >= 15 is 0 Å². The highest BCUT2D eigenvalue weighted by atomic mass is 32.2. The Morgan fingerprint density at radius 1 is 1.25 bits per heavy atom. The monoisotopic (exact) mass is 354 g/mol. The molecule has 24 heavy (non-hydrogen) atoms. The van der Waals surface area contributed by atoms with Gasteiger partial charge in [-0.2, -0.15) is 0 Å². The third-order valence-electron chi connectivity index (χ3n) is 4.48. The lowest BCUT2D eigenvalue weighted by Crippen LogP contribution is -2.38. The van der Waals surface area contributed by atoms with E-state index in [0.717, 1.165) is 24.2 Å². The predicted octanol–water partition coefficient (Wildman–Crippen LogP) is 2.74. The summed E-state index contributed by atoms with van der Waals surface area (Å²) in [6.07, 6.45) is 3.10. The fraction of sp³-hybridized carbons (Fsp3) is 0.588. The fourth-order valence-electron chi connectivity index (χ4n) is 2.96. The Balaban J connectivity index is 2.06. The number of carboxylic acids is 1. The fourth-order valence-corrected chi connectivity index (χ4v) is 4.29. The van der Waals surface area contributed by atoms with Gasteiger partial charge in [-0.1, -0.05) is 13.0 Å². The van der Waals surface area contributed by atoms with Crippen LogP contribution in [0.2, 0.25) is 0 Å². The number of aliphatic carboxylic acids is 1. The van der Waals surface area contributed by atoms with Gasteiger partial charge in [-0.25, -0.2) is 13.1 Å². The Labute approximate surface area is 143 Å². The summed E-state index contributed by atoms with van der Waals surface area (Å²) in [5.74, 6) is -1.14. The zero-order valence-electron chi connectivity index (χ0n) is 14.2. The van der Waals surface area contributed by atoms with Crippen LogP contribution in [0.3, 0.4) is 0 Å². The molecule has 0 radical (unpaired) electrons. The summed E-state index contributed by atoms with van der Waals surface area (Å²) in [6, 6.07) is 4.88. The van der Waals surface area contributed by atoms with Gasteiger partial charge in [-0.3, -0.25) is 4.79 Å². The van der Waals surface area contributed by atoms with Crippen LogP contribution in [0.1, 0.15) is 44.6 Å². The smallest absolute Gasteiger partial charge is 0.306 e. The van der Waals surface area contributed by atoms with E-state index in [9.17, 15) is 13.2 Å². The molecule has 6 nitrogen and oxygen atoms in total. The zero-order chi connectivity index (χ0) is 17.7. The topological polar surface area (TPSA) is 95.5 Å². The standard InChI is InChI=1S/C17H26N2O4S/c1-3-10-18-16-11-15(9-4-12(16)2)24(22,23)19-14-7-5-13(6-8-14)17(20)21/h4,9,11,13-14,18-19H,3,5-8,10H2,1-2H3,(H,20,21)/t13-,14-. The minimum atomic E-state index is -3.60. The molecule has 1 saturated carbocycles. The summed E-state index contributed by atoms with van der Waals surface area (Å²) >= 11 is 0. The van der Waals surface area contributed by atoms with E-state index in [1.165, 1.54) is 0 Å². The number of anilines is 1. The van der Waals surface area contributed by atoms with Gasteiger partial charge < -0.3 is 10.4 Å². The van der Waals surface area contributed by atoms with Crippen LogP contribution in [0.15, 0.2) is 23.1 Å². The molecular formula is C17H26N2O4S. The molecule has 7 heteroatoms. The molecule has 1 aliphatic rings. The molecule has 0 bridgehead atoms. The Morgan fingerprint density at radius 3 is 2.50 bits per heavy atom. The summed E-state index contributed by atoms with van der Waals surface area (Å²) < 4.78 is 27.9. The van der Waals surface area contributed by atoms with Gasteiger partial charge in [0.2, 0.25) is 10.0 Å². The van der Waals surface area contributed by atoms with E-state index in [2.05, 4.69) is 17.0 Å². The largest absolute Gasteiger partial charge is 0.481 e. The average molecular weight is 354 g/mol. The third kappa shape index (κ3) is 4.70. The van der Waals surface area contributed by atoms with Gasteiger partial charge in [0.05, 0.1) is 10.8 Å². The molecule has 1 fully saturated rings. The van der Waals surface area contributed by atoms with Crippen molar-refractivity contribution in [2.24, 2.45) is 5.92 Å². The molecule has 0 spiro atoms. The lowest BCUT2D eigenvalue weighted by molar-refractivity contribution is -0.142. The van der Waals surface area contributed by atoms with Gasteiger partial charge >= 0.3 is 5.97 Å². The number of carbonyl (C=O) groups is 1. The van der Waals surface area contributed by atoms with E-state index in [1.807, 2.05) is 6.92 Å². The van der Waals surface area contributed by atoms with E-state index in [0.29, 0.717) is 25.7 Å². The first kappa shape index (κ1) is 18.7. The van der Waals surface area contributed by atoms with Crippen LogP contribution in [0.25, 0.3) is 0 Å². The number of benzene rings is 1. The highest BCUT2D eigenvalue weighted by molar-refractivity contribution is 7.89. The van der Waals surface area contributed by atoms with Crippen molar-refractivity contribution < 1.29 is 18.3 Å². The number of hydrogen-bond acceptors (Lipinski definition) is 4. The van der Waals surface area contributed by atoms with Crippen molar-refractivity contribution in [2.75, 3.05) is 11.9 Å². The average Bonchev–Trinajstić information content (AvgIpc) is 2.54. The Bertz CT molecular complexity index is 680. The highest BCUT2D eigenvalue weighted by Crippen LogP contribution is 2.26. The SMILES string of the molecule is CCCNc1cc(S(=O)(=O)N[C@H]2CC[C@H](C(=O)O)CC2)ccc1C. The maximum atomic E-state index is 12.6. The first-order valence-electron chi connectivity index (χ1n) is 8.43. The van der Waals surface area contributed by atoms with Gasteiger partial charge in [-0.05, 0) is 56.7 Å². The van der Waals surface area contributed by atoms with Gasteiger partial charge in [0.1, 0.15) is 0 Å². The Kier molecular flexibility index (Phi) is 6.23. The second-order valence-corrected chi connectivity index (χ2v) is 8.13. The van der Waals surface area contributed by atoms with Crippen LogP contribution in [0, 0.1) is 12.8 Å². The van der Waals surface area contributed by atoms with Crippen molar-refractivity contribution in [2.45, 2.75) is 56.9 Å². The minimum absolute atomic E-state index is 0.195. The van der Waals surface area contributed by atoms with Gasteiger partial charge in [0.15, 0.2) is 0 Å². The van der Waals surface area contributed by atoms with Gasteiger partial charge in [-0.15, -0.1) is 0 Å². The maximum Gasteiger partial charge on any atom is 0.306 e. The quantitative estimate of drug-likeness (QED) is 0.700. The first-order valence-corrected chi connectivity index (χ1v) is 9.91. The van der Waals surface area contributed by atoms with Crippen LogP contribution in [-0.2, 0) is 14.8 Å². The molecule has 0 saturated heterocycles. The van der Waals surface area contributed by atoms with Crippen LogP contribution in [-0.4, -0.2) is 32.1 Å². The highest BCUT2D eigenvalue weighted by Gasteiger charge is 2.29. The summed E-state index contributed by atoms with van der Waals surface area (Å²) in [4.78, 5) is 11.2. The van der Waals surface area contributed by atoms with E-state index < -0.39 is 16.0 Å². The van der Waals surface area contributed by atoms with Gasteiger partial charge in [0, 0.05) is 18.3 Å². The van der Waals surface area contributed by atoms with Gasteiger partial charge in [0.25, 0.3) is 0 Å². The van der Waals surface area contributed by atoms with Crippen LogP contribution in [0.5, 0.6) is 0 Å². The molecule has 1 aromatic rings. The lowest BCUT2D eigenvalue weighted by Gasteiger charge is -2.26. The number of aryl methyl sites for hydroxylation is 1. The maximum absolute atomic E-state index is 12.6. The number of carboxylic acid groups (broad SMARTS) is 1. The molecule has 134 valence electrons. The molecule has 0 aliphatic heterocycles. The lowest BCUT2D eigenvalue weighted by atomic mass is 9.87. The van der Waals surface area contributed by atoms with Crippen molar-refractivity contribution in [3.8, 4) is 0 Å². The minimum Gasteiger partial charge on any atom is -0.481 e. The van der Waals surface area contributed by atoms with Crippen LogP contribution >= 0.6 is 0 Å². The second kappa shape index (κ2) is 7.98. The molecular weight excluding hydrogens is 328 g/mol. The summed E-state index contributed by atoms with van der Waals surface area (Å²) in [5, 5.41) is 12.3. The number of rotatable bonds is 7. The van der Waals surface area contributed by atoms with Crippen molar-refractivity contribution in [3.05, 3.63) is 23.8 Å². The summed E-state index contributed by atoms with van der Waals surface area (Å²) in [5.41, 5.74) is 1.83. The van der Waals surface area contributed by atoms with Crippen LogP contribution in [0.4, 0.5) is 5.69 Å². The zero-order valence-corrected chi connectivity index (χ0v) is 15.0. The third-order valence-corrected chi connectivity index (χ3v) is 6.00. The molecule has 1 aromatic carbocycles. The van der Waals surface area contributed by atoms with Crippen molar-refractivity contribution in [1.29, 1.82) is 0 Å². The number of sulfonamides is 1. The predicted molar refractivity (Wildman–Crippen MR) is 93.7 cm³/mol. The number of nitrogens with one attached hydrogen (secondary N) is 2. The molecule has 1 aliphatic carbocycles. The molecule has 0 aromatic heterocycles. The van der Waals surface area contributed by atoms with Crippen molar-refractivity contribution in [3.63, 3.8) is 0 Å². The van der Waals surface area contributed by atoms with E-state index in [-0.39, 0.29) is 16.9 Å². The summed E-state index contributed by atoms with van der Waals surface area (Å²) in [7, 11) is -3.60. The molecule has 0 unspecified atom stereocenters. The normalized spacial score (nSPS) is 21.4. The molecule has 0 amide bonds.